The van der Waals surface area contributed by atoms with Crippen molar-refractivity contribution >= 4 is 12.0 Å². The number of likely N-dealkylation sites (tertiary alicyclic amines) is 1. The minimum absolute atomic E-state index is 0.0652. The predicted molar refractivity (Wildman–Crippen MR) is 89.9 cm³/mol. The maximum atomic E-state index is 14.5. The van der Waals surface area contributed by atoms with E-state index in [1.807, 2.05) is 0 Å². The monoisotopic (exact) mass is 436 g/mol. The highest BCUT2D eigenvalue weighted by molar-refractivity contribution is 5.81. The lowest BCUT2D eigenvalue weighted by Gasteiger charge is -2.42. The molecule has 5 nitrogen and oxygen atoms in total. The van der Waals surface area contributed by atoms with Crippen LogP contribution in [0.4, 0.5) is 31.1 Å². The molecule has 1 aromatic carbocycles. The molecule has 3 fully saturated rings. The first kappa shape index (κ1) is 20.8. The van der Waals surface area contributed by atoms with E-state index in [1.165, 1.54) is 4.90 Å². The number of ether oxygens (including phenoxy) is 1. The first-order valence-corrected chi connectivity index (χ1v) is 9.45. The van der Waals surface area contributed by atoms with Crippen LogP contribution >= 0.6 is 0 Å². The van der Waals surface area contributed by atoms with Crippen molar-refractivity contribution in [2.24, 2.45) is 11.8 Å². The first-order valence-electron chi connectivity index (χ1n) is 9.45. The minimum Gasteiger partial charge on any atom is -0.444 e. The fourth-order valence-electron chi connectivity index (χ4n) is 4.40. The number of carbonyl (C=O) groups is 2. The van der Waals surface area contributed by atoms with E-state index < -0.39 is 47.5 Å². The van der Waals surface area contributed by atoms with Crippen molar-refractivity contribution in [2.45, 2.75) is 43.5 Å². The highest BCUT2D eigenvalue weighted by Crippen LogP contribution is 2.41. The second-order valence-electron chi connectivity index (χ2n) is 8.07. The SMILES string of the molecule is O=C1NC2C[C@H](C(=O)N3CC(CC(F)(F)c4ccc(C(F)(F)F)cc4F)C3)CC2O1. The molecule has 2 saturated heterocycles. The van der Waals surface area contributed by atoms with Gasteiger partial charge in [-0.1, -0.05) is 0 Å². The van der Waals surface area contributed by atoms with Crippen LogP contribution in [0.25, 0.3) is 0 Å². The van der Waals surface area contributed by atoms with Crippen LogP contribution in [0.15, 0.2) is 18.2 Å². The number of carbonyl (C=O) groups excluding carboxylic acids is 2. The number of alkyl carbamates (subject to hydrolysis) is 1. The molecule has 2 aliphatic heterocycles. The fraction of sp³-hybridized carbons (Fsp3) is 0.579. The van der Waals surface area contributed by atoms with E-state index in [4.69, 9.17) is 4.74 Å². The number of nitrogens with zero attached hydrogens (tertiary/aromatic N) is 1. The van der Waals surface area contributed by atoms with Crippen LogP contribution in [-0.2, 0) is 21.6 Å². The van der Waals surface area contributed by atoms with Crippen molar-refractivity contribution in [1.29, 1.82) is 0 Å². The molecule has 2 unspecified atom stereocenters. The second kappa shape index (κ2) is 7.05. The van der Waals surface area contributed by atoms with Crippen molar-refractivity contribution in [3.63, 3.8) is 0 Å². The van der Waals surface area contributed by atoms with Crippen LogP contribution in [0, 0.1) is 17.7 Å². The fourth-order valence-corrected chi connectivity index (χ4v) is 4.40. The summed E-state index contributed by atoms with van der Waals surface area (Å²) in [6, 6.07) is 0.736. The summed E-state index contributed by atoms with van der Waals surface area (Å²) in [5.74, 6) is -6.43. The van der Waals surface area contributed by atoms with E-state index in [0.717, 1.165) is 0 Å². The third-order valence-electron chi connectivity index (χ3n) is 5.92. The number of rotatable bonds is 4. The van der Waals surface area contributed by atoms with Crippen LogP contribution in [0.5, 0.6) is 0 Å². The highest BCUT2D eigenvalue weighted by Gasteiger charge is 2.49. The molecule has 0 aromatic heterocycles. The average molecular weight is 436 g/mol. The van der Waals surface area contributed by atoms with Crippen LogP contribution < -0.4 is 5.32 Å². The highest BCUT2D eigenvalue weighted by atomic mass is 19.4. The summed E-state index contributed by atoms with van der Waals surface area (Å²) in [7, 11) is 0. The number of amides is 2. The molecule has 0 bridgehead atoms. The van der Waals surface area contributed by atoms with Gasteiger partial charge < -0.3 is 15.0 Å². The maximum absolute atomic E-state index is 14.5. The molecule has 3 atom stereocenters. The maximum Gasteiger partial charge on any atom is 0.416 e. The Kier molecular flexibility index (Phi) is 4.89. The molecule has 0 radical (unpaired) electrons. The van der Waals surface area contributed by atoms with Gasteiger partial charge in [0, 0.05) is 31.3 Å². The summed E-state index contributed by atoms with van der Waals surface area (Å²) >= 11 is 0. The Morgan fingerprint density at radius 2 is 1.87 bits per heavy atom. The zero-order valence-electron chi connectivity index (χ0n) is 15.5. The van der Waals surface area contributed by atoms with Crippen LogP contribution in [-0.4, -0.2) is 42.1 Å². The third kappa shape index (κ3) is 3.81. The number of hydrogen-bond donors (Lipinski definition) is 1. The molecule has 1 aliphatic carbocycles. The van der Waals surface area contributed by atoms with Gasteiger partial charge in [0.25, 0.3) is 5.92 Å². The van der Waals surface area contributed by atoms with Gasteiger partial charge in [0.2, 0.25) is 5.91 Å². The first-order chi connectivity index (χ1) is 13.9. The van der Waals surface area contributed by atoms with Gasteiger partial charge in [-0.25, -0.2) is 18.0 Å². The molecule has 11 heteroatoms. The molecule has 1 N–H and O–H groups in total. The van der Waals surface area contributed by atoms with Gasteiger partial charge in [0.15, 0.2) is 0 Å². The van der Waals surface area contributed by atoms with E-state index >= 15 is 0 Å². The van der Waals surface area contributed by atoms with E-state index in [2.05, 4.69) is 5.32 Å². The van der Waals surface area contributed by atoms with Gasteiger partial charge in [-0.3, -0.25) is 4.79 Å². The van der Waals surface area contributed by atoms with E-state index in [1.54, 1.807) is 0 Å². The summed E-state index contributed by atoms with van der Waals surface area (Å²) in [6.07, 6.45) is -5.68. The van der Waals surface area contributed by atoms with Crippen LogP contribution in [0.1, 0.15) is 30.4 Å². The zero-order chi connectivity index (χ0) is 21.8. The average Bonchev–Trinajstić information content (AvgIpc) is 3.13. The summed E-state index contributed by atoms with van der Waals surface area (Å²) in [5.41, 5.74) is -2.42. The van der Waals surface area contributed by atoms with Gasteiger partial charge in [-0.15, -0.1) is 0 Å². The Bertz CT molecular complexity index is 852. The quantitative estimate of drug-likeness (QED) is 0.733. The number of hydrogen-bond acceptors (Lipinski definition) is 3. The molecule has 2 amide bonds. The summed E-state index contributed by atoms with van der Waals surface area (Å²) < 4.78 is 85.6. The smallest absolute Gasteiger partial charge is 0.416 e. The van der Waals surface area contributed by atoms with E-state index in [9.17, 15) is 35.9 Å². The summed E-state index contributed by atoms with van der Waals surface area (Å²) in [6.45, 7) is 0.130. The Balaban J connectivity index is 1.32. The largest absolute Gasteiger partial charge is 0.444 e. The molecule has 30 heavy (non-hydrogen) atoms. The summed E-state index contributed by atoms with van der Waals surface area (Å²) in [5, 5.41) is 2.62. The topological polar surface area (TPSA) is 58.6 Å². The Morgan fingerprint density at radius 3 is 2.47 bits per heavy atom. The lowest BCUT2D eigenvalue weighted by Crippen LogP contribution is -2.53. The number of fused-ring (bicyclic) bond motifs is 1. The third-order valence-corrected chi connectivity index (χ3v) is 5.92. The van der Waals surface area contributed by atoms with E-state index in [0.29, 0.717) is 25.0 Å². The molecule has 2 heterocycles. The predicted octanol–water partition coefficient (Wildman–Crippen LogP) is 3.67. The van der Waals surface area contributed by atoms with Gasteiger partial charge >= 0.3 is 12.3 Å². The normalized spacial score (nSPS) is 26.8. The standard InChI is InChI=1S/C19H18F6N2O3/c20-13-5-11(19(23,24)25)1-2-12(13)18(21,22)6-9-7-27(8-9)16(28)10-3-14-15(4-10)30-17(29)26-14/h1-2,5,9-10,14-15H,3-4,6-8H2,(H,26,29)/t10-,14?,15?/m0/s1. The number of benzene rings is 1. The Labute approximate surface area is 167 Å². The summed E-state index contributed by atoms with van der Waals surface area (Å²) in [4.78, 5) is 25.1. The van der Waals surface area contributed by atoms with Crippen molar-refractivity contribution in [2.75, 3.05) is 13.1 Å². The molecule has 0 spiro atoms. The molecule has 3 aliphatic rings. The van der Waals surface area contributed by atoms with Gasteiger partial charge in [0.05, 0.1) is 17.2 Å². The Hall–Kier alpha value is -2.46. The minimum atomic E-state index is -4.82. The van der Waals surface area contributed by atoms with Crippen molar-refractivity contribution in [3.05, 3.63) is 35.1 Å². The van der Waals surface area contributed by atoms with Gasteiger partial charge in [-0.2, -0.15) is 13.2 Å². The van der Waals surface area contributed by atoms with E-state index in [-0.39, 0.29) is 43.1 Å². The van der Waals surface area contributed by atoms with Crippen molar-refractivity contribution in [1.82, 2.24) is 10.2 Å². The second-order valence-corrected chi connectivity index (χ2v) is 8.07. The van der Waals surface area contributed by atoms with Gasteiger partial charge in [0.1, 0.15) is 11.9 Å². The molecule has 164 valence electrons. The number of halogens is 6. The number of alkyl halides is 5. The Morgan fingerprint density at radius 1 is 1.17 bits per heavy atom. The molecular weight excluding hydrogens is 418 g/mol. The molecule has 1 saturated carbocycles. The lowest BCUT2D eigenvalue weighted by atomic mass is 9.88. The molecule has 4 rings (SSSR count). The lowest BCUT2D eigenvalue weighted by molar-refractivity contribution is -0.145. The number of nitrogens with one attached hydrogen (secondary N) is 1. The van der Waals surface area contributed by atoms with Gasteiger partial charge in [-0.05, 0) is 31.0 Å². The zero-order valence-corrected chi connectivity index (χ0v) is 15.5. The molecule has 1 aromatic rings. The van der Waals surface area contributed by atoms with Crippen LogP contribution in [0.2, 0.25) is 0 Å². The van der Waals surface area contributed by atoms with Crippen molar-refractivity contribution < 1.29 is 40.7 Å². The van der Waals surface area contributed by atoms with Crippen molar-refractivity contribution in [3.8, 4) is 0 Å². The molecular formula is C19H18F6N2O3. The van der Waals surface area contributed by atoms with Crippen LogP contribution in [0.3, 0.4) is 0 Å².